The molecule has 4 heteroatoms. The first-order valence-corrected chi connectivity index (χ1v) is 13.9. The monoisotopic (exact) mass is 490 g/mol. The predicted octanol–water partition coefficient (Wildman–Crippen LogP) is 6.32. The van der Waals surface area contributed by atoms with Crippen molar-refractivity contribution in [3.05, 3.63) is 35.4 Å². The Labute approximate surface area is 216 Å². The second-order valence-electron chi connectivity index (χ2n) is 12.9. The molecule has 5 aliphatic rings. The third-order valence-corrected chi connectivity index (χ3v) is 9.68. The van der Waals surface area contributed by atoms with E-state index in [1.165, 1.54) is 11.1 Å². The molecule has 3 fully saturated rings. The molecule has 0 amide bonds. The number of carbonyl (C=O) groups excluding carboxylic acids is 1. The van der Waals surface area contributed by atoms with Gasteiger partial charge in [-0.15, -0.1) is 12.3 Å². The van der Waals surface area contributed by atoms with E-state index in [-0.39, 0.29) is 16.9 Å². The number of rotatable bonds is 1. The number of ether oxygens (including phenoxy) is 2. The Bertz CT molecular complexity index is 1070. The molecule has 0 saturated heterocycles. The van der Waals surface area contributed by atoms with Crippen LogP contribution in [-0.2, 0) is 4.79 Å². The first kappa shape index (κ1) is 25.4. The minimum Gasteiger partial charge on any atom is -0.486 e. The lowest BCUT2D eigenvalue weighted by Gasteiger charge is -2.57. The van der Waals surface area contributed by atoms with Crippen molar-refractivity contribution in [3.8, 4) is 23.8 Å². The van der Waals surface area contributed by atoms with Crippen molar-refractivity contribution in [3.63, 3.8) is 0 Å². The average Bonchev–Trinajstić information content (AvgIpc) is 3.16. The molecule has 36 heavy (non-hydrogen) atoms. The lowest BCUT2D eigenvalue weighted by Crippen LogP contribution is -2.50. The number of benzene rings is 1. The molecule has 1 aliphatic heterocycles. The fourth-order valence-electron chi connectivity index (χ4n) is 7.91. The highest BCUT2D eigenvalue weighted by Crippen LogP contribution is 2.65. The number of aliphatic hydroxyl groups excluding tert-OH is 1. The van der Waals surface area contributed by atoms with Gasteiger partial charge in [0.25, 0.3) is 0 Å². The summed E-state index contributed by atoms with van der Waals surface area (Å²) < 4.78 is 11.7. The van der Waals surface area contributed by atoms with Crippen LogP contribution in [0.2, 0.25) is 0 Å². The normalized spacial score (nSPS) is 36.8. The molecule has 0 aromatic heterocycles. The Morgan fingerprint density at radius 1 is 1.03 bits per heavy atom. The van der Waals surface area contributed by atoms with Crippen molar-refractivity contribution in [2.24, 2.45) is 34.5 Å². The SMILES string of the molecule is C#CC(C)(C)C.CC12CC(c3ccc4c(c3)OCCO4)C3C4CCC(=O)C=C4CCC3C1CCC2O. The maximum absolute atomic E-state index is 12.1. The Kier molecular flexibility index (Phi) is 6.75. The number of fused-ring (bicyclic) bond motifs is 6. The fraction of sp³-hybridized carbons (Fsp3) is 0.656. The molecule has 3 saturated carbocycles. The van der Waals surface area contributed by atoms with E-state index < -0.39 is 0 Å². The van der Waals surface area contributed by atoms with Gasteiger partial charge in [-0.2, -0.15) is 0 Å². The van der Waals surface area contributed by atoms with Gasteiger partial charge in [-0.3, -0.25) is 4.79 Å². The summed E-state index contributed by atoms with van der Waals surface area (Å²) in [6.45, 7) is 9.57. The Balaban J connectivity index is 0.000000400. The first-order valence-electron chi connectivity index (χ1n) is 13.9. The lowest BCUT2D eigenvalue weighted by molar-refractivity contribution is -0.116. The molecule has 194 valence electrons. The van der Waals surface area contributed by atoms with Gasteiger partial charge >= 0.3 is 0 Å². The van der Waals surface area contributed by atoms with Crippen LogP contribution >= 0.6 is 0 Å². The molecule has 4 aliphatic carbocycles. The topological polar surface area (TPSA) is 55.8 Å². The van der Waals surface area contributed by atoms with Gasteiger partial charge in [-0.05, 0) is 118 Å². The van der Waals surface area contributed by atoms with Gasteiger partial charge in [0, 0.05) is 11.8 Å². The minimum atomic E-state index is -0.201. The van der Waals surface area contributed by atoms with E-state index in [4.69, 9.17) is 15.9 Å². The average molecular weight is 491 g/mol. The number of ketones is 1. The van der Waals surface area contributed by atoms with Crippen LogP contribution in [0.5, 0.6) is 11.5 Å². The lowest BCUT2D eigenvalue weighted by atomic mass is 9.48. The van der Waals surface area contributed by atoms with E-state index in [0.29, 0.717) is 55.0 Å². The highest BCUT2D eigenvalue weighted by Gasteiger charge is 2.59. The molecule has 1 aromatic rings. The van der Waals surface area contributed by atoms with Gasteiger partial charge in [0.2, 0.25) is 0 Å². The van der Waals surface area contributed by atoms with Crippen molar-refractivity contribution >= 4 is 5.78 Å². The molecular weight excluding hydrogens is 448 g/mol. The zero-order valence-corrected chi connectivity index (χ0v) is 22.4. The third-order valence-electron chi connectivity index (χ3n) is 9.68. The van der Waals surface area contributed by atoms with Crippen LogP contribution in [0.15, 0.2) is 29.8 Å². The van der Waals surface area contributed by atoms with Crippen molar-refractivity contribution in [1.82, 2.24) is 0 Å². The molecule has 1 N–H and O–H groups in total. The van der Waals surface area contributed by atoms with Crippen molar-refractivity contribution in [2.75, 3.05) is 13.2 Å². The zero-order chi connectivity index (χ0) is 25.7. The van der Waals surface area contributed by atoms with E-state index in [1.54, 1.807) is 0 Å². The second-order valence-corrected chi connectivity index (χ2v) is 12.9. The highest BCUT2D eigenvalue weighted by atomic mass is 16.6. The largest absolute Gasteiger partial charge is 0.486 e. The summed E-state index contributed by atoms with van der Waals surface area (Å²) in [4.78, 5) is 12.1. The second kappa shape index (κ2) is 9.56. The predicted molar refractivity (Wildman–Crippen MR) is 142 cm³/mol. The van der Waals surface area contributed by atoms with E-state index in [2.05, 4.69) is 31.0 Å². The van der Waals surface area contributed by atoms with E-state index in [0.717, 1.165) is 50.0 Å². The van der Waals surface area contributed by atoms with E-state index in [1.807, 2.05) is 26.8 Å². The Morgan fingerprint density at radius 3 is 2.47 bits per heavy atom. The van der Waals surface area contributed by atoms with Crippen molar-refractivity contribution < 1.29 is 19.4 Å². The summed E-state index contributed by atoms with van der Waals surface area (Å²) in [6, 6.07) is 6.50. The summed E-state index contributed by atoms with van der Waals surface area (Å²) in [5.41, 5.74) is 2.79. The third kappa shape index (κ3) is 4.60. The van der Waals surface area contributed by atoms with Gasteiger partial charge in [-0.1, -0.05) is 18.6 Å². The Morgan fingerprint density at radius 2 is 1.75 bits per heavy atom. The molecule has 6 rings (SSSR count). The molecule has 7 atom stereocenters. The van der Waals surface area contributed by atoms with Gasteiger partial charge in [0.1, 0.15) is 13.2 Å². The van der Waals surface area contributed by atoms with Gasteiger partial charge in [0.15, 0.2) is 17.3 Å². The van der Waals surface area contributed by atoms with Crippen LogP contribution in [0.4, 0.5) is 0 Å². The highest BCUT2D eigenvalue weighted by molar-refractivity contribution is 5.91. The fourth-order valence-corrected chi connectivity index (χ4v) is 7.91. The number of terminal acetylenes is 1. The minimum absolute atomic E-state index is 0.00913. The number of allylic oxidation sites excluding steroid dienone is 1. The molecule has 0 radical (unpaired) electrons. The molecule has 7 unspecified atom stereocenters. The van der Waals surface area contributed by atoms with Crippen LogP contribution in [-0.4, -0.2) is 30.2 Å². The van der Waals surface area contributed by atoms with E-state index in [9.17, 15) is 9.90 Å². The summed E-state index contributed by atoms with van der Waals surface area (Å²) in [6.07, 6.45) is 13.9. The van der Waals surface area contributed by atoms with Crippen LogP contribution < -0.4 is 9.47 Å². The molecule has 4 nitrogen and oxygen atoms in total. The summed E-state index contributed by atoms with van der Waals surface area (Å²) in [7, 11) is 0. The van der Waals surface area contributed by atoms with Crippen LogP contribution in [0.3, 0.4) is 0 Å². The molecular formula is C32H42O4. The van der Waals surface area contributed by atoms with Gasteiger partial charge in [0.05, 0.1) is 6.10 Å². The van der Waals surface area contributed by atoms with Crippen molar-refractivity contribution in [2.45, 2.75) is 84.7 Å². The maximum Gasteiger partial charge on any atom is 0.161 e. The first-order chi connectivity index (χ1) is 17.1. The van der Waals surface area contributed by atoms with Crippen LogP contribution in [0, 0.1) is 46.8 Å². The van der Waals surface area contributed by atoms with Gasteiger partial charge in [-0.25, -0.2) is 0 Å². The summed E-state index contributed by atoms with van der Waals surface area (Å²) in [5.74, 6) is 7.32. The number of carbonyl (C=O) groups is 1. The van der Waals surface area contributed by atoms with Crippen LogP contribution in [0.1, 0.15) is 84.1 Å². The van der Waals surface area contributed by atoms with E-state index >= 15 is 0 Å². The zero-order valence-electron chi connectivity index (χ0n) is 22.4. The van der Waals surface area contributed by atoms with Gasteiger partial charge < -0.3 is 14.6 Å². The molecule has 1 aromatic carbocycles. The summed E-state index contributed by atoms with van der Waals surface area (Å²) in [5, 5.41) is 11.0. The maximum atomic E-state index is 12.1. The summed E-state index contributed by atoms with van der Waals surface area (Å²) >= 11 is 0. The molecule has 0 bridgehead atoms. The molecule has 1 heterocycles. The standard InChI is InChI=1S/C26H32O4.C6H10/c1-26-14-20(16-3-8-22-23(13-16)30-11-10-29-22)25-18-6-4-17(27)12-15(18)2-5-19(25)21(26)7-9-24(26)28;1-5-6(2,3)4/h3,8,12-13,18-21,24-25,28H,2,4-7,9-11,14H2,1H3;1H,2-4H3. The number of aliphatic hydroxyl groups is 1. The Hall–Kier alpha value is -2.25. The quantitative estimate of drug-likeness (QED) is 0.468. The van der Waals surface area contributed by atoms with Crippen LogP contribution in [0.25, 0.3) is 0 Å². The smallest absolute Gasteiger partial charge is 0.161 e. The number of hydrogen-bond donors (Lipinski definition) is 1. The number of hydrogen-bond acceptors (Lipinski definition) is 4. The van der Waals surface area contributed by atoms with Crippen molar-refractivity contribution in [1.29, 1.82) is 0 Å². The molecule has 0 spiro atoms.